The standard InChI is InChI=1S/C19H38N6S.HI/c1-6-8-9-10-13-21-18(20-7-2)22-14-11-12-17-23-24-19(26-5)25(17)15-16(3)4;/h16H,6-15H2,1-5H3,(H2,20,21,22);1H. The maximum absolute atomic E-state index is 4.70. The van der Waals surface area contributed by atoms with E-state index in [4.69, 9.17) is 4.99 Å². The van der Waals surface area contributed by atoms with Gasteiger partial charge in [-0.05, 0) is 31.9 Å². The predicted molar refractivity (Wildman–Crippen MR) is 129 cm³/mol. The number of hydrogen-bond acceptors (Lipinski definition) is 4. The van der Waals surface area contributed by atoms with Gasteiger partial charge < -0.3 is 15.2 Å². The van der Waals surface area contributed by atoms with Crippen LogP contribution in [0.25, 0.3) is 0 Å². The van der Waals surface area contributed by atoms with E-state index < -0.39 is 0 Å². The van der Waals surface area contributed by atoms with E-state index in [0.29, 0.717) is 5.92 Å². The summed E-state index contributed by atoms with van der Waals surface area (Å²) in [6.07, 6.45) is 9.03. The molecule has 0 radical (unpaired) electrons. The van der Waals surface area contributed by atoms with Crippen molar-refractivity contribution in [1.29, 1.82) is 0 Å². The fourth-order valence-corrected chi connectivity index (χ4v) is 3.25. The smallest absolute Gasteiger partial charge is 0.191 e. The van der Waals surface area contributed by atoms with Crippen molar-refractivity contribution in [1.82, 2.24) is 25.4 Å². The molecule has 0 fully saturated rings. The van der Waals surface area contributed by atoms with Crippen LogP contribution in [0.15, 0.2) is 10.1 Å². The second kappa shape index (κ2) is 16.4. The second-order valence-electron chi connectivity index (χ2n) is 6.96. The summed E-state index contributed by atoms with van der Waals surface area (Å²) >= 11 is 1.67. The lowest BCUT2D eigenvalue weighted by atomic mass is 10.2. The van der Waals surface area contributed by atoms with Crippen molar-refractivity contribution in [3.63, 3.8) is 0 Å². The molecule has 0 aromatic carbocycles. The van der Waals surface area contributed by atoms with Gasteiger partial charge in [-0.3, -0.25) is 4.99 Å². The summed E-state index contributed by atoms with van der Waals surface area (Å²) in [4.78, 5) is 4.70. The maximum Gasteiger partial charge on any atom is 0.191 e. The van der Waals surface area contributed by atoms with Gasteiger partial charge in [0.25, 0.3) is 0 Å². The highest BCUT2D eigenvalue weighted by Crippen LogP contribution is 2.16. The molecule has 2 N–H and O–H groups in total. The molecule has 6 nitrogen and oxygen atoms in total. The quantitative estimate of drug-likeness (QED) is 0.136. The van der Waals surface area contributed by atoms with E-state index in [0.717, 1.165) is 56.0 Å². The molecular weight excluding hydrogens is 471 g/mol. The first-order chi connectivity index (χ1) is 12.6. The van der Waals surface area contributed by atoms with E-state index in [1.807, 2.05) is 0 Å². The Kier molecular flexibility index (Phi) is 16.1. The predicted octanol–water partition coefficient (Wildman–Crippen LogP) is 4.34. The number of aliphatic imine (C=N–C) groups is 1. The minimum Gasteiger partial charge on any atom is -0.357 e. The number of guanidine groups is 1. The number of hydrogen-bond donors (Lipinski definition) is 2. The van der Waals surface area contributed by atoms with Crippen LogP contribution in [0.4, 0.5) is 0 Å². The molecule has 1 aromatic rings. The molecule has 0 saturated carbocycles. The zero-order chi connectivity index (χ0) is 19.2. The Bertz CT molecular complexity index is 518. The number of unbranched alkanes of at least 4 members (excludes halogenated alkanes) is 3. The van der Waals surface area contributed by atoms with Gasteiger partial charge in [-0.2, -0.15) is 0 Å². The van der Waals surface area contributed by atoms with Gasteiger partial charge in [-0.25, -0.2) is 0 Å². The topological polar surface area (TPSA) is 67.1 Å². The summed E-state index contributed by atoms with van der Waals surface area (Å²) in [5.41, 5.74) is 0. The summed E-state index contributed by atoms with van der Waals surface area (Å²) in [5, 5.41) is 16.5. The van der Waals surface area contributed by atoms with Gasteiger partial charge in [0.1, 0.15) is 5.82 Å². The molecule has 0 atom stereocenters. The van der Waals surface area contributed by atoms with Crippen molar-refractivity contribution in [2.24, 2.45) is 10.9 Å². The van der Waals surface area contributed by atoms with Crippen LogP contribution in [-0.4, -0.2) is 46.6 Å². The van der Waals surface area contributed by atoms with Gasteiger partial charge in [0.2, 0.25) is 0 Å². The van der Waals surface area contributed by atoms with Crippen LogP contribution in [0.2, 0.25) is 0 Å². The number of rotatable bonds is 13. The summed E-state index contributed by atoms with van der Waals surface area (Å²) in [7, 11) is 0. The molecule has 0 aliphatic rings. The molecule has 0 amide bonds. The van der Waals surface area contributed by atoms with Crippen LogP contribution in [0.3, 0.4) is 0 Å². The lowest BCUT2D eigenvalue weighted by molar-refractivity contribution is 0.477. The Labute approximate surface area is 187 Å². The van der Waals surface area contributed by atoms with Crippen LogP contribution in [0.1, 0.15) is 65.6 Å². The molecule has 27 heavy (non-hydrogen) atoms. The molecule has 1 heterocycles. The highest BCUT2D eigenvalue weighted by atomic mass is 127. The molecule has 0 saturated heterocycles. The number of aromatic nitrogens is 3. The average molecular weight is 511 g/mol. The van der Waals surface area contributed by atoms with Crippen molar-refractivity contribution >= 4 is 41.7 Å². The summed E-state index contributed by atoms with van der Waals surface area (Å²) in [5.74, 6) is 2.60. The molecule has 0 aliphatic heterocycles. The van der Waals surface area contributed by atoms with Gasteiger partial charge in [0.15, 0.2) is 11.1 Å². The minimum atomic E-state index is 0. The Morgan fingerprint density at radius 3 is 2.52 bits per heavy atom. The van der Waals surface area contributed by atoms with E-state index in [9.17, 15) is 0 Å². The fourth-order valence-electron chi connectivity index (χ4n) is 2.73. The Morgan fingerprint density at radius 2 is 1.89 bits per heavy atom. The third-order valence-electron chi connectivity index (χ3n) is 4.02. The van der Waals surface area contributed by atoms with E-state index >= 15 is 0 Å². The van der Waals surface area contributed by atoms with Crippen molar-refractivity contribution in [2.45, 2.75) is 77.9 Å². The van der Waals surface area contributed by atoms with Crippen LogP contribution < -0.4 is 10.6 Å². The SMILES string of the molecule is CCCCCCNC(=NCCCc1nnc(SC)n1CC(C)C)NCC.I. The first-order valence-corrected chi connectivity index (χ1v) is 11.3. The number of aryl methyl sites for hydroxylation is 1. The van der Waals surface area contributed by atoms with Crippen molar-refractivity contribution in [3.8, 4) is 0 Å². The van der Waals surface area contributed by atoms with Crippen LogP contribution >= 0.6 is 35.7 Å². The highest BCUT2D eigenvalue weighted by Gasteiger charge is 2.12. The first-order valence-electron chi connectivity index (χ1n) is 10.1. The van der Waals surface area contributed by atoms with Crippen LogP contribution in [0, 0.1) is 5.92 Å². The normalized spacial score (nSPS) is 11.6. The number of thioether (sulfide) groups is 1. The van der Waals surface area contributed by atoms with E-state index in [2.05, 4.69) is 59.3 Å². The van der Waals surface area contributed by atoms with Crippen molar-refractivity contribution in [2.75, 3.05) is 25.9 Å². The zero-order valence-electron chi connectivity index (χ0n) is 17.8. The van der Waals surface area contributed by atoms with Gasteiger partial charge in [-0.1, -0.05) is 51.8 Å². The molecule has 1 rings (SSSR count). The summed E-state index contributed by atoms with van der Waals surface area (Å²) in [6, 6.07) is 0. The summed E-state index contributed by atoms with van der Waals surface area (Å²) < 4.78 is 2.26. The van der Waals surface area contributed by atoms with Gasteiger partial charge >= 0.3 is 0 Å². The van der Waals surface area contributed by atoms with Crippen molar-refractivity contribution in [3.05, 3.63) is 5.82 Å². The minimum absolute atomic E-state index is 0. The lowest BCUT2D eigenvalue weighted by Gasteiger charge is -2.12. The summed E-state index contributed by atoms with van der Waals surface area (Å²) in [6.45, 7) is 12.5. The van der Waals surface area contributed by atoms with Gasteiger partial charge in [0.05, 0.1) is 0 Å². The van der Waals surface area contributed by atoms with E-state index in [1.54, 1.807) is 11.8 Å². The lowest BCUT2D eigenvalue weighted by Crippen LogP contribution is -2.37. The number of nitrogens with zero attached hydrogens (tertiary/aromatic N) is 4. The first kappa shape index (κ1) is 26.5. The van der Waals surface area contributed by atoms with Crippen molar-refractivity contribution < 1.29 is 0 Å². The number of halogens is 1. The largest absolute Gasteiger partial charge is 0.357 e. The second-order valence-corrected chi connectivity index (χ2v) is 7.73. The van der Waals surface area contributed by atoms with Crippen LogP contribution in [0.5, 0.6) is 0 Å². The van der Waals surface area contributed by atoms with E-state index in [1.165, 1.54) is 25.7 Å². The van der Waals surface area contributed by atoms with Gasteiger partial charge in [0, 0.05) is 32.6 Å². The maximum atomic E-state index is 4.70. The molecule has 1 aromatic heterocycles. The fraction of sp³-hybridized carbons (Fsp3) is 0.842. The Balaban J connectivity index is 0.00000676. The molecule has 0 spiro atoms. The Morgan fingerprint density at radius 1 is 1.11 bits per heavy atom. The third-order valence-corrected chi connectivity index (χ3v) is 4.69. The zero-order valence-corrected chi connectivity index (χ0v) is 20.9. The highest BCUT2D eigenvalue weighted by molar-refractivity contribution is 14.0. The third kappa shape index (κ3) is 11.2. The molecule has 8 heteroatoms. The molecular formula is C19H39IN6S. The Hall–Kier alpha value is -0.510. The molecule has 0 bridgehead atoms. The monoisotopic (exact) mass is 510 g/mol. The number of nitrogens with one attached hydrogen (secondary N) is 2. The molecule has 0 aliphatic carbocycles. The average Bonchev–Trinajstić information content (AvgIpc) is 2.99. The van der Waals surface area contributed by atoms with Gasteiger partial charge in [-0.15, -0.1) is 34.2 Å². The molecule has 0 unspecified atom stereocenters. The van der Waals surface area contributed by atoms with Crippen LogP contribution in [-0.2, 0) is 13.0 Å². The van der Waals surface area contributed by atoms with E-state index in [-0.39, 0.29) is 24.0 Å². The molecule has 158 valence electrons.